The number of nitrogens with one attached hydrogen (secondary N) is 1. The summed E-state index contributed by atoms with van der Waals surface area (Å²) in [5, 5.41) is 2.95. The van der Waals surface area contributed by atoms with Gasteiger partial charge in [-0.05, 0) is 27.7 Å². The van der Waals surface area contributed by atoms with Gasteiger partial charge in [0.15, 0.2) is 5.13 Å². The van der Waals surface area contributed by atoms with Crippen LogP contribution in [0.2, 0.25) is 0 Å². The third-order valence-corrected chi connectivity index (χ3v) is 4.44. The number of hydrogen-bond acceptors (Lipinski definition) is 7. The first-order valence-electron chi connectivity index (χ1n) is 6.92. The van der Waals surface area contributed by atoms with Gasteiger partial charge in [-0.2, -0.15) is 0 Å². The summed E-state index contributed by atoms with van der Waals surface area (Å²) in [6.45, 7) is 7.05. The van der Waals surface area contributed by atoms with Crippen LogP contribution in [0.25, 0.3) is 0 Å². The smallest absolute Gasteiger partial charge is 0.350 e. The number of aryl methyl sites for hydroxylation is 1. The molecule has 1 aliphatic rings. The predicted molar refractivity (Wildman–Crippen MR) is 79.7 cm³/mol. The molecule has 0 unspecified atom stereocenters. The van der Waals surface area contributed by atoms with E-state index in [0.717, 1.165) is 11.3 Å². The molecule has 0 bridgehead atoms. The van der Waals surface area contributed by atoms with E-state index >= 15 is 0 Å². The lowest BCUT2D eigenvalue weighted by molar-refractivity contribution is -0.147. The van der Waals surface area contributed by atoms with E-state index in [1.807, 2.05) is 0 Å². The lowest BCUT2D eigenvalue weighted by Crippen LogP contribution is -2.36. The van der Waals surface area contributed by atoms with Crippen molar-refractivity contribution in [3.8, 4) is 0 Å². The third-order valence-electron chi connectivity index (χ3n) is 3.39. The summed E-state index contributed by atoms with van der Waals surface area (Å²) in [7, 11) is 0. The van der Waals surface area contributed by atoms with Crippen molar-refractivity contribution in [3.05, 3.63) is 10.6 Å². The Morgan fingerprint density at radius 3 is 2.73 bits per heavy atom. The van der Waals surface area contributed by atoms with E-state index in [0.29, 0.717) is 15.7 Å². The summed E-state index contributed by atoms with van der Waals surface area (Å²) in [5.74, 6) is -1.79. The zero-order chi connectivity index (χ0) is 16.5. The Kier molecular flexibility index (Phi) is 4.50. The average molecular weight is 326 g/mol. The molecule has 1 aliphatic heterocycles. The van der Waals surface area contributed by atoms with Crippen LogP contribution in [0.1, 0.15) is 42.6 Å². The first kappa shape index (κ1) is 16.4. The second-order valence-corrected chi connectivity index (χ2v) is 6.48. The van der Waals surface area contributed by atoms with Crippen LogP contribution in [0.4, 0.5) is 5.13 Å². The molecule has 1 N–H and O–H groups in total. The molecule has 1 saturated heterocycles. The Bertz CT molecular complexity index is 623. The molecule has 0 aromatic carbocycles. The Balaban J connectivity index is 2.11. The molecule has 0 aliphatic carbocycles. The number of aromatic nitrogens is 1. The molecule has 0 radical (unpaired) electrons. The number of carbonyl (C=O) groups is 3. The highest BCUT2D eigenvalue weighted by atomic mass is 32.1. The maximum Gasteiger partial charge on any atom is 0.350 e. The minimum atomic E-state index is -0.850. The van der Waals surface area contributed by atoms with Crippen molar-refractivity contribution in [3.63, 3.8) is 0 Å². The standard InChI is InChI=1S/C14H18N2O5S/c1-5-20-12(19)10-7(2)15-13(22-10)16-11(18)8-6-9(17)21-14(8,3)4/h8H,5-6H2,1-4H3,(H,15,16,18)/t8-/m1/s1. The van der Waals surface area contributed by atoms with Crippen LogP contribution in [0.15, 0.2) is 0 Å². The van der Waals surface area contributed by atoms with Gasteiger partial charge in [0.25, 0.3) is 0 Å². The second kappa shape index (κ2) is 6.04. The first-order valence-corrected chi connectivity index (χ1v) is 7.73. The number of carbonyl (C=O) groups excluding carboxylic acids is 3. The van der Waals surface area contributed by atoms with Gasteiger partial charge in [0.05, 0.1) is 24.6 Å². The van der Waals surface area contributed by atoms with E-state index in [2.05, 4.69) is 10.3 Å². The maximum absolute atomic E-state index is 12.3. The molecule has 1 aromatic rings. The number of anilines is 1. The summed E-state index contributed by atoms with van der Waals surface area (Å²) < 4.78 is 10.1. The summed E-state index contributed by atoms with van der Waals surface area (Å²) in [4.78, 5) is 39.9. The molecule has 1 amide bonds. The molecular weight excluding hydrogens is 308 g/mol. The average Bonchev–Trinajstić information content (AvgIpc) is 2.88. The number of cyclic esters (lactones) is 1. The molecule has 7 nitrogen and oxygen atoms in total. The molecule has 120 valence electrons. The van der Waals surface area contributed by atoms with Gasteiger partial charge in [0, 0.05) is 0 Å². The lowest BCUT2D eigenvalue weighted by Gasteiger charge is -2.23. The van der Waals surface area contributed by atoms with E-state index in [9.17, 15) is 14.4 Å². The fourth-order valence-electron chi connectivity index (χ4n) is 2.26. The number of amides is 1. The van der Waals surface area contributed by atoms with Crippen molar-refractivity contribution in [1.82, 2.24) is 4.98 Å². The number of hydrogen-bond donors (Lipinski definition) is 1. The topological polar surface area (TPSA) is 94.6 Å². The van der Waals surface area contributed by atoms with Crippen molar-refractivity contribution in [2.24, 2.45) is 5.92 Å². The van der Waals surface area contributed by atoms with Crippen LogP contribution in [0, 0.1) is 12.8 Å². The summed E-state index contributed by atoms with van der Waals surface area (Å²) in [6.07, 6.45) is 0.0356. The number of rotatable bonds is 4. The summed E-state index contributed by atoms with van der Waals surface area (Å²) in [5.41, 5.74) is -0.353. The van der Waals surface area contributed by atoms with Gasteiger partial charge in [0.1, 0.15) is 10.5 Å². The Hall–Kier alpha value is -1.96. The SMILES string of the molecule is CCOC(=O)c1sc(NC(=O)[C@H]2CC(=O)OC2(C)C)nc1C. The number of thiazole rings is 1. The van der Waals surface area contributed by atoms with Gasteiger partial charge in [-0.15, -0.1) is 0 Å². The number of nitrogens with zero attached hydrogens (tertiary/aromatic N) is 1. The van der Waals surface area contributed by atoms with E-state index in [1.165, 1.54) is 0 Å². The number of ether oxygens (including phenoxy) is 2. The van der Waals surface area contributed by atoms with Gasteiger partial charge in [-0.1, -0.05) is 11.3 Å². The molecular formula is C14H18N2O5S. The van der Waals surface area contributed by atoms with Crippen LogP contribution in [0.5, 0.6) is 0 Å². The van der Waals surface area contributed by atoms with E-state index in [-0.39, 0.29) is 18.9 Å². The fourth-order valence-corrected chi connectivity index (χ4v) is 3.12. The molecule has 0 spiro atoms. The molecule has 1 aromatic heterocycles. The molecule has 1 atom stereocenters. The van der Waals surface area contributed by atoms with Crippen LogP contribution < -0.4 is 5.32 Å². The Morgan fingerprint density at radius 2 is 2.18 bits per heavy atom. The van der Waals surface area contributed by atoms with Crippen LogP contribution in [0.3, 0.4) is 0 Å². The van der Waals surface area contributed by atoms with Crippen molar-refractivity contribution in [1.29, 1.82) is 0 Å². The van der Waals surface area contributed by atoms with Crippen molar-refractivity contribution in [2.45, 2.75) is 39.7 Å². The van der Waals surface area contributed by atoms with E-state index in [4.69, 9.17) is 9.47 Å². The van der Waals surface area contributed by atoms with Crippen LogP contribution in [-0.4, -0.2) is 35.0 Å². The highest BCUT2D eigenvalue weighted by Gasteiger charge is 2.46. The zero-order valence-corrected chi connectivity index (χ0v) is 13.7. The van der Waals surface area contributed by atoms with E-state index < -0.39 is 23.5 Å². The largest absolute Gasteiger partial charge is 0.462 e. The highest BCUT2D eigenvalue weighted by Crippen LogP contribution is 2.34. The summed E-state index contributed by atoms with van der Waals surface area (Å²) >= 11 is 1.05. The number of esters is 2. The van der Waals surface area contributed by atoms with E-state index in [1.54, 1.807) is 27.7 Å². The van der Waals surface area contributed by atoms with Gasteiger partial charge in [0.2, 0.25) is 5.91 Å². The quantitative estimate of drug-likeness (QED) is 0.849. The monoisotopic (exact) mass is 326 g/mol. The predicted octanol–water partition coefficient (Wildman–Crippen LogP) is 1.91. The molecule has 2 rings (SSSR count). The van der Waals surface area contributed by atoms with Crippen molar-refractivity contribution < 1.29 is 23.9 Å². The molecule has 2 heterocycles. The van der Waals surface area contributed by atoms with Crippen LogP contribution >= 0.6 is 11.3 Å². The molecule has 22 heavy (non-hydrogen) atoms. The Labute approximate surface area is 132 Å². The fraction of sp³-hybridized carbons (Fsp3) is 0.571. The highest BCUT2D eigenvalue weighted by molar-refractivity contribution is 7.17. The normalized spacial score (nSPS) is 19.6. The Morgan fingerprint density at radius 1 is 1.50 bits per heavy atom. The minimum absolute atomic E-state index is 0.0356. The summed E-state index contributed by atoms with van der Waals surface area (Å²) in [6, 6.07) is 0. The van der Waals surface area contributed by atoms with Gasteiger partial charge >= 0.3 is 11.9 Å². The van der Waals surface area contributed by atoms with Crippen molar-refractivity contribution >= 4 is 34.3 Å². The van der Waals surface area contributed by atoms with Gasteiger partial charge in [-0.3, -0.25) is 9.59 Å². The second-order valence-electron chi connectivity index (χ2n) is 5.48. The molecule has 1 fully saturated rings. The minimum Gasteiger partial charge on any atom is -0.462 e. The maximum atomic E-state index is 12.3. The lowest BCUT2D eigenvalue weighted by atomic mass is 9.90. The molecule has 0 saturated carbocycles. The first-order chi connectivity index (χ1) is 10.2. The third kappa shape index (κ3) is 3.27. The molecule has 8 heteroatoms. The van der Waals surface area contributed by atoms with Gasteiger partial charge < -0.3 is 14.8 Å². The van der Waals surface area contributed by atoms with Crippen LogP contribution in [-0.2, 0) is 19.1 Å². The van der Waals surface area contributed by atoms with Gasteiger partial charge in [-0.25, -0.2) is 9.78 Å². The van der Waals surface area contributed by atoms with Crippen molar-refractivity contribution in [2.75, 3.05) is 11.9 Å². The zero-order valence-electron chi connectivity index (χ0n) is 12.9.